The van der Waals surface area contributed by atoms with Crippen molar-refractivity contribution in [1.29, 1.82) is 0 Å². The molecular weight excluding hydrogens is 259 g/mol. The number of esters is 1. The van der Waals surface area contributed by atoms with Crippen molar-refractivity contribution in [3.05, 3.63) is 42.0 Å². The van der Waals surface area contributed by atoms with Crippen LogP contribution in [0.15, 0.2) is 30.5 Å². The minimum absolute atomic E-state index is 0.158. The summed E-state index contributed by atoms with van der Waals surface area (Å²) in [5.41, 5.74) is 1.80. The molecule has 0 amide bonds. The lowest BCUT2D eigenvalue weighted by atomic mass is 9.98. The molecule has 0 saturated carbocycles. The molecule has 1 aromatic carbocycles. The van der Waals surface area contributed by atoms with Crippen molar-refractivity contribution in [3.8, 4) is 11.4 Å². The summed E-state index contributed by atoms with van der Waals surface area (Å²) in [7, 11) is 1.40. The molecule has 3 rings (SSSR count). The summed E-state index contributed by atoms with van der Waals surface area (Å²) in [6, 6.07) is 6.34. The Labute approximate surface area is 116 Å². The molecule has 5 heteroatoms. The van der Waals surface area contributed by atoms with Crippen LogP contribution in [0.25, 0.3) is 11.4 Å². The fourth-order valence-electron chi connectivity index (χ4n) is 2.67. The third-order valence-electron chi connectivity index (χ3n) is 3.71. The SMILES string of the molecule is COC(=O)C1CCc2cnc(-c3cccc(F)c3)n2C1. The molecule has 1 aliphatic rings. The van der Waals surface area contributed by atoms with E-state index in [4.69, 9.17) is 4.74 Å². The molecule has 20 heavy (non-hydrogen) atoms. The van der Waals surface area contributed by atoms with Crippen LogP contribution in [0.3, 0.4) is 0 Å². The number of hydrogen-bond donors (Lipinski definition) is 0. The fourth-order valence-corrected chi connectivity index (χ4v) is 2.67. The summed E-state index contributed by atoms with van der Waals surface area (Å²) in [5, 5.41) is 0. The van der Waals surface area contributed by atoms with Gasteiger partial charge in [0.2, 0.25) is 0 Å². The van der Waals surface area contributed by atoms with E-state index in [0.717, 1.165) is 24.1 Å². The van der Waals surface area contributed by atoms with Gasteiger partial charge in [-0.05, 0) is 25.0 Å². The standard InChI is InChI=1S/C15H15FN2O2/c1-20-15(19)11-5-6-13-8-17-14(18(13)9-11)10-3-2-4-12(16)7-10/h2-4,7-8,11H,5-6,9H2,1H3. The third-order valence-corrected chi connectivity index (χ3v) is 3.71. The number of carbonyl (C=O) groups is 1. The van der Waals surface area contributed by atoms with Gasteiger partial charge in [0.25, 0.3) is 0 Å². The van der Waals surface area contributed by atoms with Gasteiger partial charge in [-0.25, -0.2) is 9.37 Å². The van der Waals surface area contributed by atoms with Gasteiger partial charge in [-0.3, -0.25) is 4.79 Å². The van der Waals surface area contributed by atoms with Gasteiger partial charge in [-0.1, -0.05) is 12.1 Å². The lowest BCUT2D eigenvalue weighted by molar-refractivity contribution is -0.146. The Bertz CT molecular complexity index is 651. The average Bonchev–Trinajstić information content (AvgIpc) is 2.89. The van der Waals surface area contributed by atoms with Crippen molar-refractivity contribution in [2.24, 2.45) is 5.92 Å². The molecule has 0 spiro atoms. The van der Waals surface area contributed by atoms with Gasteiger partial charge in [0.1, 0.15) is 11.6 Å². The summed E-state index contributed by atoms with van der Waals surface area (Å²) in [4.78, 5) is 16.1. The van der Waals surface area contributed by atoms with E-state index in [9.17, 15) is 9.18 Å². The van der Waals surface area contributed by atoms with Crippen molar-refractivity contribution in [2.75, 3.05) is 7.11 Å². The van der Waals surface area contributed by atoms with E-state index in [-0.39, 0.29) is 17.7 Å². The van der Waals surface area contributed by atoms with Gasteiger partial charge >= 0.3 is 5.97 Å². The molecular formula is C15H15FN2O2. The van der Waals surface area contributed by atoms with E-state index in [1.807, 2.05) is 10.6 Å². The molecule has 2 aromatic rings. The number of halogens is 1. The van der Waals surface area contributed by atoms with E-state index >= 15 is 0 Å². The maximum Gasteiger partial charge on any atom is 0.310 e. The second-order valence-corrected chi connectivity index (χ2v) is 4.95. The third kappa shape index (κ3) is 2.19. The van der Waals surface area contributed by atoms with E-state index < -0.39 is 0 Å². The number of imidazole rings is 1. The highest BCUT2D eigenvalue weighted by Gasteiger charge is 2.27. The number of hydrogen-bond acceptors (Lipinski definition) is 3. The Morgan fingerprint density at radius 1 is 1.50 bits per heavy atom. The second-order valence-electron chi connectivity index (χ2n) is 4.95. The van der Waals surface area contributed by atoms with Crippen molar-refractivity contribution in [1.82, 2.24) is 9.55 Å². The number of fused-ring (bicyclic) bond motifs is 1. The molecule has 2 heterocycles. The van der Waals surface area contributed by atoms with Crippen molar-refractivity contribution in [2.45, 2.75) is 19.4 Å². The number of benzene rings is 1. The van der Waals surface area contributed by atoms with Gasteiger partial charge in [0.05, 0.1) is 13.0 Å². The van der Waals surface area contributed by atoms with Crippen LogP contribution in [-0.2, 0) is 22.5 Å². The topological polar surface area (TPSA) is 44.1 Å². The van der Waals surface area contributed by atoms with Gasteiger partial charge in [0, 0.05) is 24.0 Å². The minimum atomic E-state index is -0.292. The number of carbonyl (C=O) groups excluding carboxylic acids is 1. The summed E-state index contributed by atoms with van der Waals surface area (Å²) in [6.07, 6.45) is 3.34. The van der Waals surface area contributed by atoms with Gasteiger partial charge < -0.3 is 9.30 Å². The Balaban J connectivity index is 1.97. The van der Waals surface area contributed by atoms with Crippen LogP contribution >= 0.6 is 0 Å². The zero-order valence-electron chi connectivity index (χ0n) is 11.2. The second kappa shape index (κ2) is 5.07. The maximum absolute atomic E-state index is 13.3. The van der Waals surface area contributed by atoms with Crippen molar-refractivity contribution in [3.63, 3.8) is 0 Å². The largest absolute Gasteiger partial charge is 0.469 e. The molecule has 1 aromatic heterocycles. The van der Waals surface area contributed by atoms with Crippen LogP contribution in [-0.4, -0.2) is 22.6 Å². The molecule has 0 saturated heterocycles. The number of nitrogens with zero attached hydrogens (tertiary/aromatic N) is 2. The van der Waals surface area contributed by atoms with Gasteiger partial charge in [0.15, 0.2) is 0 Å². The van der Waals surface area contributed by atoms with Crippen LogP contribution in [0.1, 0.15) is 12.1 Å². The van der Waals surface area contributed by atoms with Crippen molar-refractivity contribution < 1.29 is 13.9 Å². The van der Waals surface area contributed by atoms with E-state index in [1.54, 1.807) is 12.3 Å². The van der Waals surface area contributed by atoms with E-state index in [1.165, 1.54) is 19.2 Å². The zero-order valence-corrected chi connectivity index (χ0v) is 11.2. The lowest BCUT2D eigenvalue weighted by Crippen LogP contribution is -2.27. The van der Waals surface area contributed by atoms with Crippen molar-refractivity contribution >= 4 is 5.97 Å². The first-order chi connectivity index (χ1) is 9.69. The monoisotopic (exact) mass is 274 g/mol. The van der Waals surface area contributed by atoms with Gasteiger partial charge in [-0.2, -0.15) is 0 Å². The number of ether oxygens (including phenoxy) is 1. The minimum Gasteiger partial charge on any atom is -0.469 e. The van der Waals surface area contributed by atoms with Crippen LogP contribution in [0.2, 0.25) is 0 Å². The number of aryl methyl sites for hydroxylation is 1. The molecule has 0 radical (unpaired) electrons. The van der Waals surface area contributed by atoms with Crippen LogP contribution in [0.5, 0.6) is 0 Å². The first-order valence-electron chi connectivity index (χ1n) is 6.57. The highest BCUT2D eigenvalue weighted by atomic mass is 19.1. The summed E-state index contributed by atoms with van der Waals surface area (Å²) in [5.74, 6) is 0.0526. The number of methoxy groups -OCH3 is 1. The smallest absolute Gasteiger partial charge is 0.310 e. The quantitative estimate of drug-likeness (QED) is 0.790. The molecule has 1 atom stereocenters. The summed E-state index contributed by atoms with van der Waals surface area (Å²) in [6.45, 7) is 0.536. The molecule has 104 valence electrons. The molecule has 0 aliphatic carbocycles. The predicted molar refractivity (Wildman–Crippen MR) is 71.4 cm³/mol. The zero-order chi connectivity index (χ0) is 14.1. The van der Waals surface area contributed by atoms with Crippen LogP contribution in [0.4, 0.5) is 4.39 Å². The van der Waals surface area contributed by atoms with Crippen LogP contribution < -0.4 is 0 Å². The highest BCUT2D eigenvalue weighted by Crippen LogP contribution is 2.27. The van der Waals surface area contributed by atoms with E-state index in [2.05, 4.69) is 4.98 Å². The first kappa shape index (κ1) is 12.8. The van der Waals surface area contributed by atoms with Gasteiger partial charge in [-0.15, -0.1) is 0 Å². The van der Waals surface area contributed by atoms with Crippen LogP contribution in [0, 0.1) is 11.7 Å². The van der Waals surface area contributed by atoms with E-state index in [0.29, 0.717) is 12.4 Å². The Morgan fingerprint density at radius 3 is 3.10 bits per heavy atom. The highest BCUT2D eigenvalue weighted by molar-refractivity contribution is 5.72. The molecule has 0 N–H and O–H groups in total. The fraction of sp³-hybridized carbons (Fsp3) is 0.333. The number of aromatic nitrogens is 2. The Morgan fingerprint density at radius 2 is 2.35 bits per heavy atom. The Kier molecular flexibility index (Phi) is 3.26. The molecule has 1 aliphatic heterocycles. The molecule has 0 fully saturated rings. The number of rotatable bonds is 2. The molecule has 0 bridgehead atoms. The normalized spacial score (nSPS) is 17.6. The Hall–Kier alpha value is -2.17. The summed E-state index contributed by atoms with van der Waals surface area (Å²) >= 11 is 0. The molecule has 1 unspecified atom stereocenters. The maximum atomic E-state index is 13.3. The summed E-state index contributed by atoms with van der Waals surface area (Å²) < 4.78 is 20.1. The lowest BCUT2D eigenvalue weighted by Gasteiger charge is -2.23. The first-order valence-corrected chi connectivity index (χ1v) is 6.57. The average molecular weight is 274 g/mol. The predicted octanol–water partition coefficient (Wildman–Crippen LogP) is 2.42. The molecule has 4 nitrogen and oxygen atoms in total.